The van der Waals surface area contributed by atoms with Gasteiger partial charge >= 0.3 is 5.69 Å². The molecule has 0 radical (unpaired) electrons. The molecule has 3 rings (SSSR count). The van der Waals surface area contributed by atoms with Gasteiger partial charge in [0.1, 0.15) is 11.1 Å². The van der Waals surface area contributed by atoms with E-state index in [0.29, 0.717) is 9.72 Å². The summed E-state index contributed by atoms with van der Waals surface area (Å²) in [5.74, 6) is -2.27. The Morgan fingerprint density at radius 3 is 2.62 bits per heavy atom. The summed E-state index contributed by atoms with van der Waals surface area (Å²) >= 11 is 1.23. The van der Waals surface area contributed by atoms with Crippen LogP contribution in [0.1, 0.15) is 0 Å². The number of hydrogen-bond acceptors (Lipinski definition) is 6. The van der Waals surface area contributed by atoms with Crippen molar-refractivity contribution in [3.05, 3.63) is 50.8 Å². The zero-order valence-corrected chi connectivity index (χ0v) is 13.4. The zero-order chi connectivity index (χ0) is 17.6. The van der Waals surface area contributed by atoms with Crippen LogP contribution < -0.4 is 17.0 Å². The van der Waals surface area contributed by atoms with E-state index in [9.17, 15) is 18.4 Å². The largest absolute Gasteiger partial charge is 0.396 e. The lowest BCUT2D eigenvalue weighted by atomic mass is 10.2. The summed E-state index contributed by atoms with van der Waals surface area (Å²) in [6.45, 7) is 0. The van der Waals surface area contributed by atoms with Gasteiger partial charge in [-0.1, -0.05) is 11.8 Å². The molecule has 0 aliphatic heterocycles. The van der Waals surface area contributed by atoms with Crippen LogP contribution >= 0.6 is 11.8 Å². The Labute approximate surface area is 137 Å². The molecule has 0 aliphatic rings. The monoisotopic (exact) mass is 351 g/mol. The third kappa shape index (κ3) is 2.26. The van der Waals surface area contributed by atoms with Gasteiger partial charge in [0.2, 0.25) is 0 Å². The Kier molecular flexibility index (Phi) is 3.84. The van der Waals surface area contributed by atoms with Crippen LogP contribution in [0, 0.1) is 11.6 Å². The first-order valence-electron chi connectivity index (χ1n) is 6.63. The van der Waals surface area contributed by atoms with Gasteiger partial charge in [0, 0.05) is 13.2 Å². The van der Waals surface area contributed by atoms with Gasteiger partial charge in [-0.15, -0.1) is 0 Å². The minimum Gasteiger partial charge on any atom is -0.396 e. The van der Waals surface area contributed by atoms with E-state index in [4.69, 9.17) is 5.73 Å². The van der Waals surface area contributed by atoms with Crippen molar-refractivity contribution in [2.45, 2.75) is 5.16 Å². The highest BCUT2D eigenvalue weighted by Crippen LogP contribution is 2.21. The Morgan fingerprint density at radius 1 is 1.25 bits per heavy atom. The summed E-state index contributed by atoms with van der Waals surface area (Å²) in [5, 5.41) is 0.312. The number of thioether (sulfide) groups is 1. The zero-order valence-electron chi connectivity index (χ0n) is 12.6. The Morgan fingerprint density at radius 2 is 1.96 bits per heavy atom. The van der Waals surface area contributed by atoms with Crippen molar-refractivity contribution < 1.29 is 8.78 Å². The maximum Gasteiger partial charge on any atom is 0.337 e. The molecule has 0 saturated heterocycles. The number of benzene rings is 1. The Bertz CT molecular complexity index is 1090. The number of nitrogen functional groups attached to an aromatic ring is 1. The number of nitrogens with zero attached hydrogens (tertiary/aromatic N) is 4. The fourth-order valence-electron chi connectivity index (χ4n) is 2.27. The van der Waals surface area contributed by atoms with Gasteiger partial charge in [-0.05, 0) is 18.4 Å². The molecule has 10 heteroatoms. The van der Waals surface area contributed by atoms with Crippen molar-refractivity contribution in [2.24, 2.45) is 7.05 Å². The molecule has 0 saturated carbocycles. The molecule has 0 spiro atoms. The molecular formula is C14H11F2N5O2S. The van der Waals surface area contributed by atoms with E-state index in [0.717, 1.165) is 16.7 Å². The second-order valence-corrected chi connectivity index (χ2v) is 5.65. The quantitative estimate of drug-likeness (QED) is 0.421. The average molecular weight is 351 g/mol. The van der Waals surface area contributed by atoms with Gasteiger partial charge in [-0.25, -0.2) is 28.1 Å². The molecular weight excluding hydrogens is 340 g/mol. The number of aryl methyl sites for hydroxylation is 1. The smallest absolute Gasteiger partial charge is 0.337 e. The topological polar surface area (TPSA) is 95.8 Å². The van der Waals surface area contributed by atoms with E-state index >= 15 is 0 Å². The van der Waals surface area contributed by atoms with Crippen LogP contribution in [0.15, 0.2) is 33.1 Å². The maximum atomic E-state index is 14.3. The number of fused-ring (bicyclic) bond motifs is 1. The van der Waals surface area contributed by atoms with Crippen LogP contribution in [0.2, 0.25) is 0 Å². The number of halogens is 2. The summed E-state index contributed by atoms with van der Waals surface area (Å²) in [5.41, 5.74) is 2.42. The molecule has 24 heavy (non-hydrogen) atoms. The second kappa shape index (κ2) is 5.71. The van der Waals surface area contributed by atoms with Crippen molar-refractivity contribution in [2.75, 3.05) is 12.0 Å². The summed E-state index contributed by atoms with van der Waals surface area (Å²) in [6, 6.07) is 1.90. The molecule has 2 N–H and O–H groups in total. The molecule has 2 heterocycles. The minimum absolute atomic E-state index is 0.0453. The first-order valence-corrected chi connectivity index (χ1v) is 7.86. The highest BCUT2D eigenvalue weighted by molar-refractivity contribution is 7.98. The number of rotatable bonds is 2. The standard InChI is InChI=1S/C14H11F2N5O2S/c1-20-11-6(5-18-13(19-11)24-2)12(22)21(14(20)23)10-7(15)3-4-8(17)9(10)16/h3-5H,17H2,1-2H3. The van der Waals surface area contributed by atoms with E-state index in [2.05, 4.69) is 9.97 Å². The molecule has 0 fully saturated rings. The van der Waals surface area contributed by atoms with Crippen molar-refractivity contribution >= 4 is 28.5 Å². The lowest BCUT2D eigenvalue weighted by Gasteiger charge is -2.12. The van der Waals surface area contributed by atoms with Gasteiger partial charge in [-0.3, -0.25) is 9.36 Å². The van der Waals surface area contributed by atoms with Crippen LogP contribution in [0.3, 0.4) is 0 Å². The van der Waals surface area contributed by atoms with Crippen molar-refractivity contribution in [3.8, 4) is 5.69 Å². The molecule has 0 aliphatic carbocycles. The predicted octanol–water partition coefficient (Wildman–Crippen LogP) is 1.06. The molecule has 0 amide bonds. The third-order valence-corrected chi connectivity index (χ3v) is 4.04. The first kappa shape index (κ1) is 16.1. The van der Waals surface area contributed by atoms with Crippen LogP contribution in [0.25, 0.3) is 16.7 Å². The second-order valence-electron chi connectivity index (χ2n) is 4.88. The molecule has 0 bridgehead atoms. The SMILES string of the molecule is CSc1ncc2c(=O)n(-c3c(F)ccc(N)c3F)c(=O)n(C)c2n1. The number of nitrogens with two attached hydrogens (primary N) is 1. The molecule has 1 aromatic carbocycles. The summed E-state index contributed by atoms with van der Waals surface area (Å²) in [6.07, 6.45) is 2.95. The van der Waals surface area contributed by atoms with Gasteiger partial charge in [-0.2, -0.15) is 0 Å². The Balaban J connectivity index is 2.51. The number of aromatic nitrogens is 4. The van der Waals surface area contributed by atoms with Crippen LogP contribution in [0.4, 0.5) is 14.5 Å². The fourth-order valence-corrected chi connectivity index (χ4v) is 2.60. The summed E-state index contributed by atoms with van der Waals surface area (Å²) in [7, 11) is 1.35. The normalized spacial score (nSPS) is 11.2. The molecule has 2 aromatic heterocycles. The third-order valence-electron chi connectivity index (χ3n) is 3.48. The fraction of sp³-hybridized carbons (Fsp3) is 0.143. The molecule has 0 atom stereocenters. The number of hydrogen-bond donors (Lipinski definition) is 1. The predicted molar refractivity (Wildman–Crippen MR) is 86.5 cm³/mol. The van der Waals surface area contributed by atoms with Gasteiger partial charge < -0.3 is 5.73 Å². The van der Waals surface area contributed by atoms with Gasteiger partial charge in [0.05, 0.1) is 5.69 Å². The lowest BCUT2D eigenvalue weighted by Crippen LogP contribution is -2.39. The molecule has 3 aromatic rings. The van der Waals surface area contributed by atoms with E-state index in [1.54, 1.807) is 6.26 Å². The van der Waals surface area contributed by atoms with Gasteiger partial charge in [0.15, 0.2) is 22.4 Å². The summed E-state index contributed by atoms with van der Waals surface area (Å²) in [4.78, 5) is 33.2. The maximum absolute atomic E-state index is 14.3. The number of anilines is 1. The highest BCUT2D eigenvalue weighted by atomic mass is 32.2. The van der Waals surface area contributed by atoms with Crippen LogP contribution in [-0.4, -0.2) is 25.4 Å². The van der Waals surface area contributed by atoms with Crippen molar-refractivity contribution in [1.82, 2.24) is 19.1 Å². The van der Waals surface area contributed by atoms with E-state index < -0.39 is 28.6 Å². The summed E-state index contributed by atoms with van der Waals surface area (Å²) < 4.78 is 29.8. The average Bonchev–Trinajstić information content (AvgIpc) is 2.58. The minimum atomic E-state index is -1.18. The van der Waals surface area contributed by atoms with Gasteiger partial charge in [0.25, 0.3) is 5.56 Å². The van der Waals surface area contributed by atoms with E-state index in [1.165, 1.54) is 25.0 Å². The highest BCUT2D eigenvalue weighted by Gasteiger charge is 2.21. The van der Waals surface area contributed by atoms with Crippen molar-refractivity contribution in [3.63, 3.8) is 0 Å². The van der Waals surface area contributed by atoms with E-state index in [1.807, 2.05) is 0 Å². The molecule has 124 valence electrons. The van der Waals surface area contributed by atoms with Crippen LogP contribution in [0.5, 0.6) is 0 Å². The first-order chi connectivity index (χ1) is 11.4. The molecule has 0 unspecified atom stereocenters. The van der Waals surface area contributed by atoms with E-state index in [-0.39, 0.29) is 16.7 Å². The Hall–Kier alpha value is -2.75. The van der Waals surface area contributed by atoms with Crippen LogP contribution in [-0.2, 0) is 7.05 Å². The molecule has 7 nitrogen and oxygen atoms in total. The lowest BCUT2D eigenvalue weighted by molar-refractivity contribution is 0.562. The van der Waals surface area contributed by atoms with Crippen molar-refractivity contribution in [1.29, 1.82) is 0 Å².